The van der Waals surface area contributed by atoms with Gasteiger partial charge in [-0.3, -0.25) is 0 Å². The first-order chi connectivity index (χ1) is 40.9. The molecule has 0 saturated heterocycles. The molecular weight excluding hydrogens is 1040 g/mol. The summed E-state index contributed by atoms with van der Waals surface area (Å²) in [5.74, 6) is 11.3. The Morgan fingerprint density at radius 3 is 1.19 bits per heavy atom. The van der Waals surface area contributed by atoms with E-state index in [9.17, 15) is 9.59 Å². The lowest BCUT2D eigenvalue weighted by molar-refractivity contribution is -0.0594. The summed E-state index contributed by atoms with van der Waals surface area (Å²) in [6.45, 7) is 26.6. The zero-order valence-electron chi connectivity index (χ0n) is 55.6. The highest BCUT2D eigenvalue weighted by atomic mass is 16.5. The summed E-state index contributed by atoms with van der Waals surface area (Å²) in [7, 11) is 0. The van der Waals surface area contributed by atoms with Gasteiger partial charge in [0, 0.05) is 12.8 Å². The van der Waals surface area contributed by atoms with E-state index >= 15 is 0 Å². The Morgan fingerprint density at radius 2 is 0.812 bits per heavy atom. The van der Waals surface area contributed by atoms with Crippen molar-refractivity contribution >= 4 is 11.9 Å². The minimum atomic E-state index is -0.200. The van der Waals surface area contributed by atoms with Crippen molar-refractivity contribution in [2.45, 2.75) is 280 Å². The van der Waals surface area contributed by atoms with E-state index in [1.54, 1.807) is 11.1 Å². The molecule has 472 valence electrons. The Bertz CT molecular complexity index is 2370. The van der Waals surface area contributed by atoms with E-state index < -0.39 is 0 Å². The highest BCUT2D eigenvalue weighted by Crippen LogP contribution is 2.69. The number of carbonyl (C=O) groups is 2. The second-order valence-electron chi connectivity index (χ2n) is 32.0. The minimum absolute atomic E-state index is 0.0351. The summed E-state index contributed by atoms with van der Waals surface area (Å²) in [5, 5.41) is 0. The summed E-state index contributed by atoms with van der Waals surface area (Å²) in [6, 6.07) is 15.3. The average Bonchev–Trinajstić information content (AvgIpc) is 2.45. The van der Waals surface area contributed by atoms with E-state index in [-0.39, 0.29) is 35.0 Å². The van der Waals surface area contributed by atoms with Crippen LogP contribution in [0, 0.1) is 92.7 Å². The smallest absolute Gasteiger partial charge is 0.338 e. The number of esters is 2. The van der Waals surface area contributed by atoms with Gasteiger partial charge in [0.2, 0.25) is 0 Å². The predicted molar refractivity (Wildman–Crippen MR) is 350 cm³/mol. The van der Waals surface area contributed by atoms with Gasteiger partial charge in [-0.25, -0.2) is 9.59 Å². The van der Waals surface area contributed by atoms with Gasteiger partial charge in [0.1, 0.15) is 23.7 Å². The van der Waals surface area contributed by atoms with Crippen LogP contribution in [0.15, 0.2) is 71.8 Å². The highest BCUT2D eigenvalue weighted by Gasteiger charge is 2.61. The quantitative estimate of drug-likeness (QED) is 0.0480. The van der Waals surface area contributed by atoms with Crippen molar-refractivity contribution < 1.29 is 28.5 Å². The molecule has 0 aliphatic heterocycles. The lowest BCUT2D eigenvalue weighted by atomic mass is 9.47. The lowest BCUT2D eigenvalue weighted by Crippen LogP contribution is -2.51. The number of ether oxygens (including phenoxy) is 4. The van der Waals surface area contributed by atoms with Gasteiger partial charge in [-0.2, -0.15) is 0 Å². The Balaban J connectivity index is 0.548. The lowest BCUT2D eigenvalue weighted by Gasteiger charge is -2.58. The summed E-state index contributed by atoms with van der Waals surface area (Å²) < 4.78 is 24.7. The first-order valence-corrected chi connectivity index (χ1v) is 36.2. The van der Waals surface area contributed by atoms with Gasteiger partial charge in [0.25, 0.3) is 0 Å². The molecule has 0 heterocycles. The number of benzene rings is 2. The Kier molecular flexibility index (Phi) is 21.6. The molecule has 10 rings (SSSR count). The molecule has 6 fully saturated rings. The molecule has 6 nitrogen and oxygen atoms in total. The maximum Gasteiger partial charge on any atom is 0.338 e. The van der Waals surface area contributed by atoms with Crippen molar-refractivity contribution in [2.75, 3.05) is 13.2 Å². The van der Waals surface area contributed by atoms with E-state index in [4.69, 9.17) is 18.9 Å². The molecule has 85 heavy (non-hydrogen) atoms. The van der Waals surface area contributed by atoms with Crippen molar-refractivity contribution in [3.05, 3.63) is 83.0 Å². The average molecular weight is 1170 g/mol. The molecule has 0 N–H and O–H groups in total. The minimum Gasteiger partial charge on any atom is -0.494 e. The predicted octanol–water partition coefficient (Wildman–Crippen LogP) is 21.8. The normalized spacial score (nSPS) is 34.6. The van der Waals surface area contributed by atoms with Crippen molar-refractivity contribution in [1.82, 2.24) is 0 Å². The van der Waals surface area contributed by atoms with Gasteiger partial charge < -0.3 is 18.9 Å². The Morgan fingerprint density at radius 1 is 0.435 bits per heavy atom. The molecule has 2 unspecified atom stereocenters. The second-order valence-corrected chi connectivity index (χ2v) is 32.0. The number of allylic oxidation sites excluding steroid dienone is 2. The third kappa shape index (κ3) is 14.6. The van der Waals surface area contributed by atoms with E-state index in [0.29, 0.717) is 35.2 Å². The van der Waals surface area contributed by atoms with Crippen LogP contribution in [0.4, 0.5) is 0 Å². The molecule has 6 heteroatoms. The van der Waals surface area contributed by atoms with Crippen LogP contribution in [-0.4, -0.2) is 37.4 Å². The van der Waals surface area contributed by atoms with Gasteiger partial charge in [-0.1, -0.05) is 176 Å². The summed E-state index contributed by atoms with van der Waals surface area (Å²) in [6.07, 6.45) is 43.9. The van der Waals surface area contributed by atoms with Crippen molar-refractivity contribution in [2.24, 2.45) is 92.7 Å². The summed E-state index contributed by atoms with van der Waals surface area (Å²) in [5.41, 5.74) is 5.92. The van der Waals surface area contributed by atoms with Crippen LogP contribution in [0.5, 0.6) is 11.5 Å². The fourth-order valence-corrected chi connectivity index (χ4v) is 21.1. The fraction of sp³-hybridized carbons (Fsp3) is 0.772. The standard InChI is InChI=1S/C79H120O6/c1-54(2)22-20-24-56(5)68-38-40-70-66-36-30-60-52-64(42-46-76(60,7)72(66)44-48-78(68,70)9)84-74(80)58-26-32-62(33-27-58)82-50-18-16-14-12-11-13-15-17-19-51-83-63-34-28-59(29-35-63)75(81)85-65-43-47-77(8)61(53-65)31-37-67-71-41-39-69(57(6)25-21-23-55(3)4)79(71,10)49-45-73(67)77/h26-35,54-57,64-73H,11-25,36-53H2,1-10H3/t56-,57-,64?,65?,66+,67+,68-,69-,70+,71+,72+,73+,76+,77+,78-,79-/m1/s1. The first kappa shape index (κ1) is 64.4. The first-order valence-electron chi connectivity index (χ1n) is 36.2. The molecule has 8 aliphatic rings. The number of fused-ring (bicyclic) bond motifs is 10. The van der Waals surface area contributed by atoms with Crippen LogP contribution in [-0.2, 0) is 9.47 Å². The van der Waals surface area contributed by atoms with Crippen LogP contribution in [0.25, 0.3) is 0 Å². The van der Waals surface area contributed by atoms with E-state index in [0.717, 1.165) is 134 Å². The van der Waals surface area contributed by atoms with Gasteiger partial charge in [-0.05, 0) is 244 Å². The third-order valence-corrected chi connectivity index (χ3v) is 26.1. The zero-order chi connectivity index (χ0) is 59.9. The highest BCUT2D eigenvalue weighted by molar-refractivity contribution is 5.90. The van der Waals surface area contributed by atoms with Crippen LogP contribution < -0.4 is 9.47 Å². The van der Waals surface area contributed by atoms with Crippen LogP contribution in [0.3, 0.4) is 0 Å². The molecule has 0 aromatic heterocycles. The molecule has 8 aliphatic carbocycles. The van der Waals surface area contributed by atoms with Gasteiger partial charge >= 0.3 is 11.9 Å². The van der Waals surface area contributed by atoms with E-state index in [2.05, 4.69) is 81.4 Å². The molecule has 6 saturated carbocycles. The number of unbranched alkanes of at least 4 members (excludes halogenated alkanes) is 8. The van der Waals surface area contributed by atoms with Crippen LogP contribution in [0.2, 0.25) is 0 Å². The van der Waals surface area contributed by atoms with E-state index in [1.165, 1.54) is 148 Å². The Labute approximate surface area is 518 Å². The van der Waals surface area contributed by atoms with Crippen molar-refractivity contribution in [3.8, 4) is 11.5 Å². The van der Waals surface area contributed by atoms with Gasteiger partial charge in [0.15, 0.2) is 0 Å². The third-order valence-electron chi connectivity index (χ3n) is 26.1. The number of carbonyl (C=O) groups excluding carboxylic acids is 2. The number of hydrogen-bond acceptors (Lipinski definition) is 6. The fourth-order valence-electron chi connectivity index (χ4n) is 21.1. The van der Waals surface area contributed by atoms with Gasteiger partial charge in [0.05, 0.1) is 24.3 Å². The molecule has 0 bridgehead atoms. The monoisotopic (exact) mass is 1160 g/mol. The number of hydrogen-bond donors (Lipinski definition) is 0. The van der Waals surface area contributed by atoms with E-state index in [1.807, 2.05) is 48.5 Å². The maximum absolute atomic E-state index is 13.4. The molecule has 0 amide bonds. The molecule has 16 atom stereocenters. The van der Waals surface area contributed by atoms with Crippen molar-refractivity contribution in [1.29, 1.82) is 0 Å². The summed E-state index contributed by atoms with van der Waals surface area (Å²) in [4.78, 5) is 26.9. The number of rotatable bonds is 28. The second kappa shape index (κ2) is 28.5. The van der Waals surface area contributed by atoms with Gasteiger partial charge in [-0.15, -0.1) is 0 Å². The SMILES string of the molecule is CC(C)CCC[C@@H](C)[C@H]1CC[C@H]2[C@@H]3CC=C4CC(OC(=O)c5ccc(OCCCCCCCCCCCOc6ccc(C(=O)OC7CC[C@@]8(C)C(=CC[C@H]9[C@@H]%10CC[C@H]([C@H](C)CCCC(C)C)[C@@]%10(C)CC[C@@H]98)C7)cc6)cc5)CC[C@]4(C)[C@H]3CC[C@]12C. The van der Waals surface area contributed by atoms with Crippen molar-refractivity contribution in [3.63, 3.8) is 0 Å². The molecule has 0 spiro atoms. The molecule has 2 aromatic rings. The summed E-state index contributed by atoms with van der Waals surface area (Å²) >= 11 is 0. The Hall–Kier alpha value is -3.54. The van der Waals surface area contributed by atoms with Crippen LogP contribution in [0.1, 0.15) is 289 Å². The molecular formula is C79H120O6. The molecule has 2 aromatic carbocycles. The zero-order valence-corrected chi connectivity index (χ0v) is 55.6. The maximum atomic E-state index is 13.4. The largest absolute Gasteiger partial charge is 0.494 e. The topological polar surface area (TPSA) is 71.1 Å². The molecule has 0 radical (unpaired) electrons. The van der Waals surface area contributed by atoms with Crippen LogP contribution >= 0.6 is 0 Å².